The molecule has 0 saturated carbocycles. The van der Waals surface area contributed by atoms with Gasteiger partial charge in [-0.05, 0) is 19.8 Å². The smallest absolute Gasteiger partial charge is 0.311 e. The lowest BCUT2D eigenvalue weighted by Crippen LogP contribution is -2.43. The van der Waals surface area contributed by atoms with E-state index >= 15 is 0 Å². The minimum atomic E-state index is -0.484. The van der Waals surface area contributed by atoms with Crippen LogP contribution >= 0.6 is 0 Å². The van der Waals surface area contributed by atoms with E-state index in [1.807, 2.05) is 6.92 Å². The van der Waals surface area contributed by atoms with Gasteiger partial charge in [-0.1, -0.05) is 20.3 Å². The van der Waals surface area contributed by atoms with Gasteiger partial charge in [-0.25, -0.2) is 0 Å². The van der Waals surface area contributed by atoms with E-state index in [2.05, 4.69) is 12.2 Å². The highest BCUT2D eigenvalue weighted by Crippen LogP contribution is 1.98. The van der Waals surface area contributed by atoms with Gasteiger partial charge in [0.05, 0.1) is 0 Å². The molecule has 0 aliphatic rings. The standard InChI is InChI=1S/C11H22N2O2/c1-4-7-9-13(8-5-2)11(15)10(14)12-6-3/h4-9H2,1-3H3,(H,12,14). The predicted molar refractivity (Wildman–Crippen MR) is 60.5 cm³/mol. The van der Waals surface area contributed by atoms with Crippen LogP contribution in [-0.4, -0.2) is 36.3 Å². The number of likely N-dealkylation sites (N-methyl/N-ethyl adjacent to an activating group) is 1. The molecule has 15 heavy (non-hydrogen) atoms. The summed E-state index contributed by atoms with van der Waals surface area (Å²) in [6, 6.07) is 0. The second-order valence-corrected chi connectivity index (χ2v) is 3.51. The second kappa shape index (κ2) is 8.26. The highest BCUT2D eigenvalue weighted by atomic mass is 16.2. The number of rotatable bonds is 6. The van der Waals surface area contributed by atoms with E-state index in [9.17, 15) is 9.59 Å². The van der Waals surface area contributed by atoms with E-state index in [1.165, 1.54) is 0 Å². The van der Waals surface area contributed by atoms with E-state index < -0.39 is 11.8 Å². The molecule has 0 aromatic carbocycles. The molecule has 4 nitrogen and oxygen atoms in total. The van der Waals surface area contributed by atoms with Crippen molar-refractivity contribution in [2.75, 3.05) is 19.6 Å². The van der Waals surface area contributed by atoms with Crippen molar-refractivity contribution >= 4 is 11.8 Å². The Labute approximate surface area is 92.0 Å². The summed E-state index contributed by atoms with van der Waals surface area (Å²) in [5, 5.41) is 2.53. The number of hydrogen-bond acceptors (Lipinski definition) is 2. The van der Waals surface area contributed by atoms with Crippen LogP contribution in [0.25, 0.3) is 0 Å². The Balaban J connectivity index is 4.20. The summed E-state index contributed by atoms with van der Waals surface area (Å²) in [6.07, 6.45) is 2.86. The van der Waals surface area contributed by atoms with Gasteiger partial charge in [-0.3, -0.25) is 9.59 Å². The fourth-order valence-electron chi connectivity index (χ4n) is 1.31. The first-order valence-corrected chi connectivity index (χ1v) is 5.74. The average Bonchev–Trinajstić information content (AvgIpc) is 2.23. The molecule has 0 aromatic heterocycles. The Morgan fingerprint density at radius 3 is 2.20 bits per heavy atom. The van der Waals surface area contributed by atoms with Crippen LogP contribution < -0.4 is 5.32 Å². The van der Waals surface area contributed by atoms with Crippen molar-refractivity contribution < 1.29 is 9.59 Å². The lowest BCUT2D eigenvalue weighted by atomic mass is 10.3. The van der Waals surface area contributed by atoms with Crippen LogP contribution in [0.4, 0.5) is 0 Å². The molecular weight excluding hydrogens is 192 g/mol. The third-order valence-corrected chi connectivity index (χ3v) is 2.09. The van der Waals surface area contributed by atoms with Gasteiger partial charge in [-0.15, -0.1) is 0 Å². The molecule has 0 heterocycles. The summed E-state index contributed by atoms with van der Waals surface area (Å²) >= 11 is 0. The lowest BCUT2D eigenvalue weighted by Gasteiger charge is -2.20. The van der Waals surface area contributed by atoms with Crippen LogP contribution in [-0.2, 0) is 9.59 Å². The van der Waals surface area contributed by atoms with Crippen molar-refractivity contribution in [2.24, 2.45) is 0 Å². The molecule has 0 bridgehead atoms. The monoisotopic (exact) mass is 214 g/mol. The predicted octanol–water partition coefficient (Wildman–Crippen LogP) is 1.16. The maximum Gasteiger partial charge on any atom is 0.311 e. The molecule has 0 aliphatic heterocycles. The number of amides is 2. The summed E-state index contributed by atoms with van der Waals surface area (Å²) in [5.41, 5.74) is 0. The zero-order valence-corrected chi connectivity index (χ0v) is 10.0. The van der Waals surface area contributed by atoms with Crippen molar-refractivity contribution in [3.05, 3.63) is 0 Å². The van der Waals surface area contributed by atoms with Crippen LogP contribution in [0.1, 0.15) is 40.0 Å². The fraction of sp³-hybridized carbons (Fsp3) is 0.818. The molecule has 0 atom stereocenters. The Hall–Kier alpha value is -1.06. The largest absolute Gasteiger partial charge is 0.348 e. The SMILES string of the molecule is CCCCN(CCC)C(=O)C(=O)NCC. The van der Waals surface area contributed by atoms with Crippen LogP contribution in [0.2, 0.25) is 0 Å². The molecule has 88 valence electrons. The number of nitrogens with one attached hydrogen (secondary N) is 1. The molecule has 0 rings (SSSR count). The molecule has 0 radical (unpaired) electrons. The van der Waals surface area contributed by atoms with Gasteiger partial charge >= 0.3 is 11.8 Å². The number of unbranched alkanes of at least 4 members (excludes halogenated alkanes) is 1. The highest BCUT2D eigenvalue weighted by Gasteiger charge is 2.19. The Morgan fingerprint density at radius 2 is 1.73 bits per heavy atom. The molecule has 0 aliphatic carbocycles. The number of carbonyl (C=O) groups is 2. The normalized spacial score (nSPS) is 9.80. The van der Waals surface area contributed by atoms with Crippen LogP contribution in [0.5, 0.6) is 0 Å². The van der Waals surface area contributed by atoms with E-state index in [1.54, 1.807) is 11.8 Å². The van der Waals surface area contributed by atoms with Gasteiger partial charge < -0.3 is 10.2 Å². The van der Waals surface area contributed by atoms with Crippen LogP contribution in [0.3, 0.4) is 0 Å². The zero-order chi connectivity index (χ0) is 11.7. The highest BCUT2D eigenvalue weighted by molar-refractivity contribution is 6.34. The van der Waals surface area contributed by atoms with Crippen molar-refractivity contribution in [3.63, 3.8) is 0 Å². The first kappa shape index (κ1) is 13.9. The molecular formula is C11H22N2O2. The van der Waals surface area contributed by atoms with Gasteiger partial charge in [0.1, 0.15) is 0 Å². The first-order valence-electron chi connectivity index (χ1n) is 5.74. The Morgan fingerprint density at radius 1 is 1.07 bits per heavy atom. The van der Waals surface area contributed by atoms with Crippen molar-refractivity contribution in [1.82, 2.24) is 10.2 Å². The second-order valence-electron chi connectivity index (χ2n) is 3.51. The summed E-state index contributed by atoms with van der Waals surface area (Å²) in [4.78, 5) is 24.6. The van der Waals surface area contributed by atoms with Crippen molar-refractivity contribution in [2.45, 2.75) is 40.0 Å². The Bertz CT molecular complexity index is 205. The quantitative estimate of drug-likeness (QED) is 0.675. The summed E-state index contributed by atoms with van der Waals surface area (Å²) in [7, 11) is 0. The fourth-order valence-corrected chi connectivity index (χ4v) is 1.31. The summed E-state index contributed by atoms with van der Waals surface area (Å²) < 4.78 is 0. The minimum Gasteiger partial charge on any atom is -0.348 e. The van der Waals surface area contributed by atoms with E-state index in [0.717, 1.165) is 19.3 Å². The molecule has 0 aromatic rings. The van der Waals surface area contributed by atoms with Crippen molar-refractivity contribution in [3.8, 4) is 0 Å². The minimum absolute atomic E-state index is 0.396. The van der Waals surface area contributed by atoms with E-state index in [0.29, 0.717) is 19.6 Å². The van der Waals surface area contributed by atoms with Gasteiger partial charge in [0.15, 0.2) is 0 Å². The average molecular weight is 214 g/mol. The van der Waals surface area contributed by atoms with E-state index in [-0.39, 0.29) is 0 Å². The molecule has 0 saturated heterocycles. The number of nitrogens with zero attached hydrogens (tertiary/aromatic N) is 1. The third-order valence-electron chi connectivity index (χ3n) is 2.09. The van der Waals surface area contributed by atoms with Crippen molar-refractivity contribution in [1.29, 1.82) is 0 Å². The lowest BCUT2D eigenvalue weighted by molar-refractivity contribution is -0.145. The van der Waals surface area contributed by atoms with Crippen LogP contribution in [0.15, 0.2) is 0 Å². The summed E-state index contributed by atoms with van der Waals surface area (Å²) in [5.74, 6) is -0.880. The van der Waals surface area contributed by atoms with Gasteiger partial charge in [0.25, 0.3) is 0 Å². The first-order chi connectivity index (χ1) is 7.17. The number of hydrogen-bond donors (Lipinski definition) is 1. The third kappa shape index (κ3) is 5.40. The topological polar surface area (TPSA) is 49.4 Å². The molecule has 0 fully saturated rings. The molecule has 0 unspecified atom stereocenters. The van der Waals surface area contributed by atoms with Gasteiger partial charge in [-0.2, -0.15) is 0 Å². The maximum absolute atomic E-state index is 11.6. The Kier molecular flexibility index (Phi) is 7.68. The maximum atomic E-state index is 11.6. The van der Waals surface area contributed by atoms with E-state index in [4.69, 9.17) is 0 Å². The van der Waals surface area contributed by atoms with Gasteiger partial charge in [0.2, 0.25) is 0 Å². The molecule has 4 heteroatoms. The molecule has 0 spiro atoms. The zero-order valence-electron chi connectivity index (χ0n) is 10.0. The molecule has 1 N–H and O–H groups in total. The molecule has 2 amide bonds. The number of carbonyl (C=O) groups excluding carboxylic acids is 2. The van der Waals surface area contributed by atoms with Gasteiger partial charge in [0, 0.05) is 19.6 Å². The summed E-state index contributed by atoms with van der Waals surface area (Å²) in [6.45, 7) is 7.72. The van der Waals surface area contributed by atoms with Crippen LogP contribution in [0, 0.1) is 0 Å².